The molecule has 2 nitrogen and oxygen atoms in total. The van der Waals surface area contributed by atoms with Crippen molar-refractivity contribution in [2.24, 2.45) is 0 Å². The maximum Gasteiger partial charge on any atom is 0.0991 e. The first-order valence-corrected chi connectivity index (χ1v) is 4.74. The summed E-state index contributed by atoms with van der Waals surface area (Å²) in [5.41, 5.74) is 3.92. The second-order valence-corrected chi connectivity index (χ2v) is 3.40. The lowest BCUT2D eigenvalue weighted by molar-refractivity contribution is 1.32. The number of rotatable bonds is 2. The molecule has 1 rings (SSSR count). The fourth-order valence-electron chi connectivity index (χ4n) is 1.53. The highest BCUT2D eigenvalue weighted by Crippen LogP contribution is 2.17. The van der Waals surface area contributed by atoms with Gasteiger partial charge >= 0.3 is 0 Å². The third-order valence-corrected chi connectivity index (χ3v) is 2.22. The summed E-state index contributed by atoms with van der Waals surface area (Å²) in [5, 5.41) is 17.2. The van der Waals surface area contributed by atoms with Gasteiger partial charge in [0.2, 0.25) is 0 Å². The Labute approximate surface area is 90.1 Å². The maximum absolute atomic E-state index is 8.78. The molecular weight excluding hydrogens is 184 g/mol. The Hall–Kier alpha value is -2.06. The van der Waals surface area contributed by atoms with Crippen molar-refractivity contribution >= 4 is 6.08 Å². The lowest BCUT2D eigenvalue weighted by atomic mass is 9.99. The molecule has 0 saturated carbocycles. The molecule has 15 heavy (non-hydrogen) atoms. The van der Waals surface area contributed by atoms with Crippen LogP contribution in [0.25, 0.3) is 6.08 Å². The van der Waals surface area contributed by atoms with Gasteiger partial charge < -0.3 is 0 Å². The van der Waals surface area contributed by atoms with Crippen LogP contribution < -0.4 is 0 Å². The van der Waals surface area contributed by atoms with E-state index in [1.54, 1.807) is 0 Å². The van der Waals surface area contributed by atoms with Gasteiger partial charge in [0.15, 0.2) is 0 Å². The van der Waals surface area contributed by atoms with Gasteiger partial charge in [-0.05, 0) is 42.7 Å². The SMILES string of the molecule is Cc1cc(C#N)cc(C)c1C=CCC#N. The fourth-order valence-corrected chi connectivity index (χ4v) is 1.53. The Balaban J connectivity index is 3.11. The maximum atomic E-state index is 8.78. The lowest BCUT2D eigenvalue weighted by Gasteiger charge is -2.05. The summed E-state index contributed by atoms with van der Waals surface area (Å²) in [6.07, 6.45) is 4.19. The van der Waals surface area contributed by atoms with E-state index in [0.717, 1.165) is 16.7 Å². The quantitative estimate of drug-likeness (QED) is 0.729. The van der Waals surface area contributed by atoms with Gasteiger partial charge in [-0.1, -0.05) is 12.2 Å². The zero-order chi connectivity index (χ0) is 11.3. The van der Waals surface area contributed by atoms with Crippen molar-refractivity contribution < 1.29 is 0 Å². The molecule has 0 aliphatic carbocycles. The first kappa shape index (κ1) is 11.0. The van der Waals surface area contributed by atoms with E-state index in [9.17, 15) is 0 Å². The summed E-state index contributed by atoms with van der Waals surface area (Å²) in [4.78, 5) is 0. The van der Waals surface area contributed by atoms with E-state index in [1.807, 2.05) is 38.1 Å². The molecule has 0 spiro atoms. The highest BCUT2D eigenvalue weighted by molar-refractivity contribution is 5.59. The number of allylic oxidation sites excluding steroid dienone is 1. The van der Waals surface area contributed by atoms with Crippen LogP contribution in [0, 0.1) is 36.5 Å². The van der Waals surface area contributed by atoms with Gasteiger partial charge in [-0.25, -0.2) is 0 Å². The molecule has 0 aliphatic heterocycles. The third-order valence-electron chi connectivity index (χ3n) is 2.22. The van der Waals surface area contributed by atoms with Gasteiger partial charge in [-0.2, -0.15) is 10.5 Å². The number of nitrogens with zero attached hydrogens (tertiary/aromatic N) is 2. The number of benzene rings is 1. The summed E-state index contributed by atoms with van der Waals surface area (Å²) in [6.45, 7) is 3.94. The van der Waals surface area contributed by atoms with E-state index < -0.39 is 0 Å². The molecule has 0 fully saturated rings. The Morgan fingerprint density at radius 1 is 1.20 bits per heavy atom. The fraction of sp³-hybridized carbons (Fsp3) is 0.231. The molecule has 0 aromatic heterocycles. The summed E-state index contributed by atoms with van der Waals surface area (Å²) in [5.74, 6) is 0. The van der Waals surface area contributed by atoms with Gasteiger partial charge in [0.05, 0.1) is 24.1 Å². The minimum atomic E-state index is 0.416. The van der Waals surface area contributed by atoms with Crippen molar-refractivity contribution in [2.75, 3.05) is 0 Å². The van der Waals surface area contributed by atoms with E-state index >= 15 is 0 Å². The van der Waals surface area contributed by atoms with Crippen molar-refractivity contribution in [1.82, 2.24) is 0 Å². The number of hydrogen-bond donors (Lipinski definition) is 0. The van der Waals surface area contributed by atoms with Crippen LogP contribution in [0.3, 0.4) is 0 Å². The van der Waals surface area contributed by atoms with E-state index in [-0.39, 0.29) is 0 Å². The molecular formula is C13H12N2. The molecule has 0 heterocycles. The van der Waals surface area contributed by atoms with E-state index in [0.29, 0.717) is 12.0 Å². The molecule has 1 aromatic rings. The van der Waals surface area contributed by atoms with Gasteiger partial charge in [0, 0.05) is 0 Å². The molecule has 0 amide bonds. The molecule has 74 valence electrons. The van der Waals surface area contributed by atoms with Crippen molar-refractivity contribution in [3.05, 3.63) is 40.5 Å². The Morgan fingerprint density at radius 2 is 1.80 bits per heavy atom. The van der Waals surface area contributed by atoms with Crippen LogP contribution >= 0.6 is 0 Å². The average Bonchev–Trinajstić information content (AvgIpc) is 2.22. The van der Waals surface area contributed by atoms with Crippen LogP contribution in [-0.2, 0) is 0 Å². The average molecular weight is 196 g/mol. The Morgan fingerprint density at radius 3 is 2.27 bits per heavy atom. The predicted molar refractivity (Wildman–Crippen MR) is 59.9 cm³/mol. The van der Waals surface area contributed by atoms with Crippen LogP contribution in [0.2, 0.25) is 0 Å². The standard InChI is InChI=1S/C13H12N2/c1-10-7-12(9-15)8-11(2)13(10)5-3-4-6-14/h3,5,7-8H,4H2,1-2H3. The van der Waals surface area contributed by atoms with E-state index in [2.05, 4.69) is 12.1 Å². The summed E-state index contributed by atoms with van der Waals surface area (Å²) in [7, 11) is 0. The second-order valence-electron chi connectivity index (χ2n) is 3.40. The zero-order valence-electron chi connectivity index (χ0n) is 8.91. The number of hydrogen-bond acceptors (Lipinski definition) is 2. The molecule has 0 unspecified atom stereocenters. The largest absolute Gasteiger partial charge is 0.198 e. The normalized spacial score (nSPS) is 9.87. The topological polar surface area (TPSA) is 47.6 Å². The number of aryl methyl sites for hydroxylation is 2. The second kappa shape index (κ2) is 4.98. The van der Waals surface area contributed by atoms with Crippen LogP contribution in [0.15, 0.2) is 18.2 Å². The van der Waals surface area contributed by atoms with Crippen LogP contribution in [0.5, 0.6) is 0 Å². The first-order chi connectivity index (χ1) is 7.19. The number of nitriles is 2. The zero-order valence-corrected chi connectivity index (χ0v) is 8.91. The molecule has 0 radical (unpaired) electrons. The molecule has 0 N–H and O–H groups in total. The summed E-state index contributed by atoms with van der Waals surface area (Å²) >= 11 is 0. The molecule has 1 aromatic carbocycles. The summed E-state index contributed by atoms with van der Waals surface area (Å²) in [6, 6.07) is 7.91. The van der Waals surface area contributed by atoms with Crippen LogP contribution in [0.1, 0.15) is 28.7 Å². The molecule has 0 bridgehead atoms. The van der Waals surface area contributed by atoms with Crippen molar-refractivity contribution in [3.63, 3.8) is 0 Å². The minimum Gasteiger partial charge on any atom is -0.198 e. The van der Waals surface area contributed by atoms with Crippen LogP contribution in [0.4, 0.5) is 0 Å². The third kappa shape index (κ3) is 2.69. The lowest BCUT2D eigenvalue weighted by Crippen LogP contribution is -1.88. The molecule has 0 aliphatic rings. The smallest absolute Gasteiger partial charge is 0.0991 e. The van der Waals surface area contributed by atoms with Crippen molar-refractivity contribution in [1.29, 1.82) is 10.5 Å². The summed E-state index contributed by atoms with van der Waals surface area (Å²) < 4.78 is 0. The monoisotopic (exact) mass is 196 g/mol. The molecule has 2 heteroatoms. The highest BCUT2D eigenvalue weighted by atomic mass is 14.2. The van der Waals surface area contributed by atoms with Crippen molar-refractivity contribution in [2.45, 2.75) is 20.3 Å². The predicted octanol–water partition coefficient (Wildman–Crippen LogP) is 3.10. The van der Waals surface area contributed by atoms with Crippen molar-refractivity contribution in [3.8, 4) is 12.1 Å². The van der Waals surface area contributed by atoms with E-state index in [1.165, 1.54) is 0 Å². The van der Waals surface area contributed by atoms with E-state index in [4.69, 9.17) is 10.5 Å². The first-order valence-electron chi connectivity index (χ1n) is 4.74. The van der Waals surface area contributed by atoms with Gasteiger partial charge in [-0.15, -0.1) is 0 Å². The van der Waals surface area contributed by atoms with Gasteiger partial charge in [0.1, 0.15) is 0 Å². The van der Waals surface area contributed by atoms with Gasteiger partial charge in [-0.3, -0.25) is 0 Å². The molecule has 0 atom stereocenters. The van der Waals surface area contributed by atoms with Crippen LogP contribution in [-0.4, -0.2) is 0 Å². The Kier molecular flexibility index (Phi) is 3.66. The molecule has 0 saturated heterocycles. The Bertz CT molecular complexity index is 447. The minimum absolute atomic E-state index is 0.416. The highest BCUT2D eigenvalue weighted by Gasteiger charge is 2.01. The van der Waals surface area contributed by atoms with Gasteiger partial charge in [0.25, 0.3) is 0 Å².